The molecule has 0 amide bonds. The van der Waals surface area contributed by atoms with Gasteiger partial charge in [0.1, 0.15) is 11.6 Å². The van der Waals surface area contributed by atoms with Crippen molar-refractivity contribution >= 4 is 11.6 Å². The van der Waals surface area contributed by atoms with E-state index in [-0.39, 0.29) is 11.1 Å². The molecule has 0 spiro atoms. The summed E-state index contributed by atoms with van der Waals surface area (Å²) >= 11 is 5.79. The summed E-state index contributed by atoms with van der Waals surface area (Å²) in [6.07, 6.45) is 0.399. The molecule has 1 atom stereocenters. The summed E-state index contributed by atoms with van der Waals surface area (Å²) in [6, 6.07) is 12.2. The predicted molar refractivity (Wildman–Crippen MR) is 78.2 cm³/mol. The highest BCUT2D eigenvalue weighted by Gasteiger charge is 2.15. The Labute approximate surface area is 122 Å². The van der Waals surface area contributed by atoms with Crippen LogP contribution < -0.4 is 16.0 Å². The number of rotatable bonds is 5. The zero-order valence-corrected chi connectivity index (χ0v) is 11.8. The molecule has 20 heavy (non-hydrogen) atoms. The number of nitrogens with two attached hydrogens (primary N) is 1. The smallest absolute Gasteiger partial charge is 0.145 e. The minimum atomic E-state index is -0.405. The summed E-state index contributed by atoms with van der Waals surface area (Å²) in [7, 11) is 1.60. The van der Waals surface area contributed by atoms with Crippen LogP contribution in [0, 0.1) is 5.82 Å². The van der Waals surface area contributed by atoms with Gasteiger partial charge in [-0.05, 0) is 35.7 Å². The summed E-state index contributed by atoms with van der Waals surface area (Å²) in [5, 5.41) is 0.115. The van der Waals surface area contributed by atoms with Crippen molar-refractivity contribution in [3.05, 3.63) is 64.4 Å². The average molecular weight is 295 g/mol. The lowest BCUT2D eigenvalue weighted by molar-refractivity contribution is 0.413. The number of hydrogen-bond acceptors (Lipinski definition) is 3. The Morgan fingerprint density at radius 1 is 1.30 bits per heavy atom. The van der Waals surface area contributed by atoms with Gasteiger partial charge in [-0.15, -0.1) is 0 Å². The maximum atomic E-state index is 13.9. The molecule has 2 aromatic rings. The number of hydrogen-bond donors (Lipinski definition) is 2. The third kappa shape index (κ3) is 3.28. The van der Waals surface area contributed by atoms with Gasteiger partial charge in [-0.3, -0.25) is 11.3 Å². The Bertz CT molecular complexity index is 592. The molecule has 0 heterocycles. The number of halogens is 2. The standard InChI is InChI=1S/C15H16ClFN2O/c1-20-12-6-2-4-10(8-12)14(19-18)9-11-5-3-7-13(16)15(11)17/h2-8,14,19H,9,18H2,1H3. The lowest BCUT2D eigenvalue weighted by Crippen LogP contribution is -2.29. The largest absolute Gasteiger partial charge is 0.497 e. The van der Waals surface area contributed by atoms with Crippen LogP contribution in [-0.4, -0.2) is 7.11 Å². The molecule has 0 aliphatic carbocycles. The first kappa shape index (κ1) is 14.8. The molecule has 0 saturated heterocycles. The SMILES string of the molecule is COc1cccc(C(Cc2cccc(Cl)c2F)NN)c1. The predicted octanol–water partition coefficient (Wildman–Crippen LogP) is 3.23. The molecule has 3 nitrogen and oxygen atoms in total. The summed E-state index contributed by atoms with van der Waals surface area (Å²) < 4.78 is 19.1. The molecular formula is C15H16ClFN2O. The highest BCUT2D eigenvalue weighted by atomic mass is 35.5. The molecule has 0 fully saturated rings. The molecule has 0 saturated carbocycles. The molecule has 0 aliphatic heterocycles. The maximum Gasteiger partial charge on any atom is 0.145 e. The van der Waals surface area contributed by atoms with E-state index in [1.165, 1.54) is 6.07 Å². The molecule has 106 valence electrons. The first-order chi connectivity index (χ1) is 9.65. The van der Waals surface area contributed by atoms with Gasteiger partial charge in [-0.1, -0.05) is 35.9 Å². The van der Waals surface area contributed by atoms with Gasteiger partial charge in [0.25, 0.3) is 0 Å². The minimum absolute atomic E-state index is 0.115. The second kappa shape index (κ2) is 6.70. The van der Waals surface area contributed by atoms with E-state index in [9.17, 15) is 4.39 Å². The zero-order chi connectivity index (χ0) is 14.5. The fourth-order valence-electron chi connectivity index (χ4n) is 2.06. The van der Waals surface area contributed by atoms with E-state index >= 15 is 0 Å². The van der Waals surface area contributed by atoms with E-state index in [1.54, 1.807) is 19.2 Å². The van der Waals surface area contributed by atoms with Gasteiger partial charge in [-0.25, -0.2) is 4.39 Å². The lowest BCUT2D eigenvalue weighted by atomic mass is 9.99. The van der Waals surface area contributed by atoms with E-state index in [4.69, 9.17) is 22.2 Å². The monoisotopic (exact) mass is 294 g/mol. The summed E-state index contributed by atoms with van der Waals surface area (Å²) in [4.78, 5) is 0. The Morgan fingerprint density at radius 2 is 2.05 bits per heavy atom. The highest BCUT2D eigenvalue weighted by molar-refractivity contribution is 6.30. The Kier molecular flexibility index (Phi) is 4.95. The van der Waals surface area contributed by atoms with Crippen LogP contribution in [0.25, 0.3) is 0 Å². The molecule has 0 bridgehead atoms. The summed E-state index contributed by atoms with van der Waals surface area (Å²) in [6.45, 7) is 0. The molecule has 2 aromatic carbocycles. The molecule has 0 aromatic heterocycles. The van der Waals surface area contributed by atoms with Gasteiger partial charge in [0, 0.05) is 0 Å². The van der Waals surface area contributed by atoms with Gasteiger partial charge >= 0.3 is 0 Å². The third-order valence-electron chi connectivity index (χ3n) is 3.15. The van der Waals surface area contributed by atoms with E-state index in [0.29, 0.717) is 12.0 Å². The van der Waals surface area contributed by atoms with Gasteiger partial charge in [0.15, 0.2) is 0 Å². The first-order valence-electron chi connectivity index (χ1n) is 6.18. The van der Waals surface area contributed by atoms with Gasteiger partial charge in [0.05, 0.1) is 18.2 Å². The normalized spacial score (nSPS) is 12.2. The van der Waals surface area contributed by atoms with Crippen LogP contribution in [0.1, 0.15) is 17.2 Å². The molecular weight excluding hydrogens is 279 g/mol. The van der Waals surface area contributed by atoms with Crippen molar-refractivity contribution in [3.8, 4) is 5.75 Å². The minimum Gasteiger partial charge on any atom is -0.497 e. The molecule has 0 aliphatic rings. The van der Waals surface area contributed by atoms with Crippen molar-refractivity contribution in [1.29, 1.82) is 0 Å². The Hall–Kier alpha value is -1.62. The highest BCUT2D eigenvalue weighted by Crippen LogP contribution is 2.25. The van der Waals surface area contributed by atoms with Crippen molar-refractivity contribution in [2.24, 2.45) is 5.84 Å². The Balaban J connectivity index is 2.26. The van der Waals surface area contributed by atoms with Crippen molar-refractivity contribution in [2.75, 3.05) is 7.11 Å². The topological polar surface area (TPSA) is 47.3 Å². The van der Waals surface area contributed by atoms with Crippen molar-refractivity contribution in [1.82, 2.24) is 5.43 Å². The van der Waals surface area contributed by atoms with Crippen molar-refractivity contribution in [2.45, 2.75) is 12.5 Å². The van der Waals surface area contributed by atoms with Crippen LogP contribution in [0.4, 0.5) is 4.39 Å². The van der Waals surface area contributed by atoms with Crippen LogP contribution >= 0.6 is 11.6 Å². The maximum absolute atomic E-state index is 13.9. The number of nitrogens with one attached hydrogen (secondary N) is 1. The second-order valence-electron chi connectivity index (χ2n) is 4.41. The van der Waals surface area contributed by atoms with Crippen LogP contribution in [0.5, 0.6) is 5.75 Å². The molecule has 2 rings (SSSR count). The van der Waals surface area contributed by atoms with Gasteiger partial charge < -0.3 is 4.74 Å². The average Bonchev–Trinajstić information content (AvgIpc) is 2.49. The van der Waals surface area contributed by atoms with Crippen molar-refractivity contribution in [3.63, 3.8) is 0 Å². The van der Waals surface area contributed by atoms with Crippen LogP contribution in [0.15, 0.2) is 42.5 Å². The Morgan fingerprint density at radius 3 is 2.75 bits per heavy atom. The van der Waals surface area contributed by atoms with E-state index in [2.05, 4.69) is 5.43 Å². The van der Waals surface area contributed by atoms with Gasteiger partial charge in [0.2, 0.25) is 0 Å². The third-order valence-corrected chi connectivity index (χ3v) is 3.44. The van der Waals surface area contributed by atoms with Crippen LogP contribution in [0.3, 0.4) is 0 Å². The fraction of sp³-hybridized carbons (Fsp3) is 0.200. The number of hydrazine groups is 1. The number of ether oxygens (including phenoxy) is 1. The molecule has 3 N–H and O–H groups in total. The number of benzene rings is 2. The molecule has 0 radical (unpaired) electrons. The quantitative estimate of drug-likeness (QED) is 0.657. The molecule has 1 unspecified atom stereocenters. The molecule has 5 heteroatoms. The zero-order valence-electron chi connectivity index (χ0n) is 11.1. The number of methoxy groups -OCH3 is 1. The summed E-state index contributed by atoms with van der Waals surface area (Å²) in [5.41, 5.74) is 4.14. The van der Waals surface area contributed by atoms with E-state index in [1.807, 2.05) is 24.3 Å². The van der Waals surface area contributed by atoms with Gasteiger partial charge in [-0.2, -0.15) is 0 Å². The fourth-order valence-corrected chi connectivity index (χ4v) is 2.25. The second-order valence-corrected chi connectivity index (χ2v) is 4.82. The summed E-state index contributed by atoms with van der Waals surface area (Å²) in [5.74, 6) is 5.91. The van der Waals surface area contributed by atoms with Crippen molar-refractivity contribution < 1.29 is 9.13 Å². The van der Waals surface area contributed by atoms with E-state index < -0.39 is 5.82 Å². The van der Waals surface area contributed by atoms with E-state index in [0.717, 1.165) is 11.3 Å². The van der Waals surface area contributed by atoms with Crippen LogP contribution in [-0.2, 0) is 6.42 Å². The van der Waals surface area contributed by atoms with Crippen LogP contribution in [0.2, 0.25) is 5.02 Å². The lowest BCUT2D eigenvalue weighted by Gasteiger charge is -2.17. The first-order valence-corrected chi connectivity index (χ1v) is 6.56.